The van der Waals surface area contributed by atoms with Crippen molar-refractivity contribution in [1.29, 1.82) is 0 Å². The van der Waals surface area contributed by atoms with E-state index in [9.17, 15) is 4.79 Å². The van der Waals surface area contributed by atoms with Crippen molar-refractivity contribution in [3.8, 4) is 0 Å². The van der Waals surface area contributed by atoms with E-state index in [4.69, 9.17) is 17.3 Å². The molecule has 0 bridgehead atoms. The number of hydrogen-bond donors (Lipinski definition) is 2. The number of nitrogens with two attached hydrogens (primary N) is 1. The number of amides is 1. The van der Waals surface area contributed by atoms with Gasteiger partial charge in [-0.3, -0.25) is 4.79 Å². The van der Waals surface area contributed by atoms with Gasteiger partial charge in [-0.25, -0.2) is 0 Å². The highest BCUT2D eigenvalue weighted by molar-refractivity contribution is 8.00. The van der Waals surface area contributed by atoms with Gasteiger partial charge in [0.1, 0.15) is 0 Å². The monoisotopic (exact) mass is 306 g/mol. The Morgan fingerprint density at radius 2 is 2.05 bits per heavy atom. The van der Waals surface area contributed by atoms with E-state index >= 15 is 0 Å². The number of carbonyl (C=O) groups excluding carboxylic acids is 1. The van der Waals surface area contributed by atoms with Gasteiger partial charge in [0, 0.05) is 10.6 Å². The summed E-state index contributed by atoms with van der Waals surface area (Å²) in [6, 6.07) is 12.8. The lowest BCUT2D eigenvalue weighted by atomic mass is 10.2. The number of hydrogen-bond acceptors (Lipinski definition) is 3. The fourth-order valence-electron chi connectivity index (χ4n) is 1.73. The lowest BCUT2D eigenvalue weighted by Gasteiger charge is -2.08. The maximum absolute atomic E-state index is 11.9. The molecule has 0 aliphatic rings. The second-order valence-corrected chi connectivity index (χ2v) is 5.77. The van der Waals surface area contributed by atoms with Gasteiger partial charge in [-0.2, -0.15) is 0 Å². The van der Waals surface area contributed by atoms with Gasteiger partial charge in [0.2, 0.25) is 5.91 Å². The van der Waals surface area contributed by atoms with E-state index in [0.29, 0.717) is 16.5 Å². The lowest BCUT2D eigenvalue weighted by molar-refractivity contribution is -0.113. The van der Waals surface area contributed by atoms with Gasteiger partial charge in [0.25, 0.3) is 0 Å². The predicted octanol–water partition coefficient (Wildman–Crippen LogP) is 3.96. The predicted molar refractivity (Wildman–Crippen MR) is 86.4 cm³/mol. The first kappa shape index (κ1) is 14.8. The largest absolute Gasteiger partial charge is 0.399 e. The third-order valence-corrected chi connectivity index (χ3v) is 4.21. The Bertz CT molecular complexity index is 631. The van der Waals surface area contributed by atoms with E-state index in [1.54, 1.807) is 12.1 Å². The van der Waals surface area contributed by atoms with Crippen LogP contribution in [0.5, 0.6) is 0 Å². The first-order valence-corrected chi connectivity index (χ1v) is 7.46. The molecule has 3 N–H and O–H groups in total. The fraction of sp³-hybridized carbons (Fsp3) is 0.133. The summed E-state index contributed by atoms with van der Waals surface area (Å²) in [6.45, 7) is 1.98. The van der Waals surface area contributed by atoms with Gasteiger partial charge in [-0.1, -0.05) is 23.7 Å². The van der Waals surface area contributed by atoms with E-state index in [1.807, 2.05) is 37.3 Å². The van der Waals surface area contributed by atoms with Gasteiger partial charge >= 0.3 is 0 Å². The van der Waals surface area contributed by atoms with Crippen molar-refractivity contribution in [2.45, 2.75) is 11.8 Å². The summed E-state index contributed by atoms with van der Waals surface area (Å²) in [4.78, 5) is 13.0. The van der Waals surface area contributed by atoms with E-state index in [-0.39, 0.29) is 5.91 Å². The van der Waals surface area contributed by atoms with Crippen molar-refractivity contribution < 1.29 is 4.79 Å². The highest BCUT2D eigenvalue weighted by Gasteiger charge is 2.07. The highest BCUT2D eigenvalue weighted by Crippen LogP contribution is 2.25. The van der Waals surface area contributed by atoms with Gasteiger partial charge in [-0.05, 0) is 42.8 Å². The van der Waals surface area contributed by atoms with Crippen molar-refractivity contribution >= 4 is 40.6 Å². The zero-order valence-electron chi connectivity index (χ0n) is 11.0. The molecular weight excluding hydrogens is 292 g/mol. The van der Waals surface area contributed by atoms with Crippen LogP contribution in [0.2, 0.25) is 5.02 Å². The fourth-order valence-corrected chi connectivity index (χ4v) is 2.72. The quantitative estimate of drug-likeness (QED) is 0.664. The van der Waals surface area contributed by atoms with Crippen LogP contribution in [0.4, 0.5) is 11.4 Å². The lowest BCUT2D eigenvalue weighted by Crippen LogP contribution is -2.14. The molecule has 0 saturated heterocycles. The molecule has 0 aromatic heterocycles. The van der Waals surface area contributed by atoms with E-state index in [0.717, 1.165) is 16.1 Å². The zero-order valence-corrected chi connectivity index (χ0v) is 12.6. The van der Waals surface area contributed by atoms with E-state index in [1.165, 1.54) is 11.8 Å². The molecule has 20 heavy (non-hydrogen) atoms. The summed E-state index contributed by atoms with van der Waals surface area (Å²) in [7, 11) is 0. The maximum Gasteiger partial charge on any atom is 0.234 e. The number of nitrogens with one attached hydrogen (secondary N) is 1. The minimum absolute atomic E-state index is 0.0840. The molecule has 2 rings (SSSR count). The molecule has 0 aliphatic heterocycles. The Labute approximate surface area is 127 Å². The van der Waals surface area contributed by atoms with Crippen LogP contribution in [-0.4, -0.2) is 11.7 Å². The first-order valence-electron chi connectivity index (χ1n) is 6.09. The van der Waals surface area contributed by atoms with Crippen molar-refractivity contribution in [2.24, 2.45) is 0 Å². The molecule has 5 heteroatoms. The third kappa shape index (κ3) is 3.92. The van der Waals surface area contributed by atoms with Crippen LogP contribution in [0, 0.1) is 6.92 Å². The number of benzene rings is 2. The van der Waals surface area contributed by atoms with Crippen LogP contribution in [0.15, 0.2) is 47.4 Å². The van der Waals surface area contributed by atoms with Crippen molar-refractivity contribution in [1.82, 2.24) is 0 Å². The number of para-hydroxylation sites is 1. The molecule has 3 nitrogen and oxygen atoms in total. The van der Waals surface area contributed by atoms with Crippen LogP contribution in [0.1, 0.15) is 5.56 Å². The number of nitrogen functional groups attached to an aromatic ring is 1. The van der Waals surface area contributed by atoms with Crippen LogP contribution in [0.25, 0.3) is 0 Å². The third-order valence-electron chi connectivity index (χ3n) is 2.71. The molecule has 104 valence electrons. The summed E-state index contributed by atoms with van der Waals surface area (Å²) in [5.41, 5.74) is 8.13. The average molecular weight is 307 g/mol. The van der Waals surface area contributed by atoms with Crippen LogP contribution in [-0.2, 0) is 4.79 Å². The number of aryl methyl sites for hydroxylation is 1. The zero-order chi connectivity index (χ0) is 14.5. The molecule has 0 atom stereocenters. The summed E-state index contributed by atoms with van der Waals surface area (Å²) < 4.78 is 0. The number of thioether (sulfide) groups is 1. The number of anilines is 2. The Hall–Kier alpha value is -1.65. The summed E-state index contributed by atoms with van der Waals surface area (Å²) in [5, 5.41) is 3.33. The van der Waals surface area contributed by atoms with E-state index in [2.05, 4.69) is 5.32 Å². The SMILES string of the molecule is Cc1cc(N)ccc1SCC(=O)Nc1ccccc1Cl. The molecular formula is C15H15ClN2OS. The number of halogens is 1. The number of carbonyl (C=O) groups is 1. The Balaban J connectivity index is 1.94. The summed E-state index contributed by atoms with van der Waals surface area (Å²) >= 11 is 7.47. The topological polar surface area (TPSA) is 55.1 Å². The summed E-state index contributed by atoms with van der Waals surface area (Å²) in [6.07, 6.45) is 0. The molecule has 0 spiro atoms. The van der Waals surface area contributed by atoms with Crippen LogP contribution >= 0.6 is 23.4 Å². The van der Waals surface area contributed by atoms with Gasteiger partial charge in [-0.15, -0.1) is 11.8 Å². The van der Waals surface area contributed by atoms with Gasteiger partial charge < -0.3 is 11.1 Å². The molecule has 0 unspecified atom stereocenters. The van der Waals surface area contributed by atoms with Crippen LogP contribution < -0.4 is 11.1 Å². The van der Waals surface area contributed by atoms with Crippen LogP contribution in [0.3, 0.4) is 0 Å². The molecule has 1 amide bonds. The van der Waals surface area contributed by atoms with Crippen molar-refractivity contribution in [2.75, 3.05) is 16.8 Å². The molecule has 2 aromatic rings. The highest BCUT2D eigenvalue weighted by atomic mass is 35.5. The molecule has 0 fully saturated rings. The minimum Gasteiger partial charge on any atom is -0.399 e. The molecule has 0 aliphatic carbocycles. The molecule has 0 saturated carbocycles. The standard InChI is InChI=1S/C15H15ClN2OS/c1-10-8-11(17)6-7-14(10)20-9-15(19)18-13-5-3-2-4-12(13)16/h2-8H,9,17H2,1H3,(H,18,19). The van der Waals surface area contributed by atoms with Gasteiger partial charge in [0.15, 0.2) is 0 Å². The second kappa shape index (κ2) is 6.68. The normalized spacial score (nSPS) is 10.3. The Kier molecular flexibility index (Phi) is 4.93. The maximum atomic E-state index is 11.9. The smallest absolute Gasteiger partial charge is 0.234 e. The Morgan fingerprint density at radius 1 is 1.30 bits per heavy atom. The molecule has 0 heterocycles. The first-order chi connectivity index (χ1) is 9.56. The average Bonchev–Trinajstić information content (AvgIpc) is 2.40. The van der Waals surface area contributed by atoms with Crippen molar-refractivity contribution in [3.05, 3.63) is 53.1 Å². The van der Waals surface area contributed by atoms with Gasteiger partial charge in [0.05, 0.1) is 16.5 Å². The van der Waals surface area contributed by atoms with E-state index < -0.39 is 0 Å². The number of rotatable bonds is 4. The molecule has 2 aromatic carbocycles. The Morgan fingerprint density at radius 3 is 2.75 bits per heavy atom. The van der Waals surface area contributed by atoms with Crippen molar-refractivity contribution in [3.63, 3.8) is 0 Å². The second-order valence-electron chi connectivity index (χ2n) is 4.34. The molecule has 0 radical (unpaired) electrons. The summed E-state index contributed by atoms with van der Waals surface area (Å²) in [5.74, 6) is 0.245. The minimum atomic E-state index is -0.0840.